The van der Waals surface area contributed by atoms with Crippen LogP contribution in [0.2, 0.25) is 10.0 Å². The van der Waals surface area contributed by atoms with Gasteiger partial charge in [-0.3, -0.25) is 4.79 Å². The molecule has 1 amide bonds. The first-order valence-electron chi connectivity index (χ1n) is 5.17. The number of carbonyl (C=O) groups excluding carboxylic acids is 1. The smallest absolute Gasteiger partial charge is 0.251 e. The summed E-state index contributed by atoms with van der Waals surface area (Å²) in [5.41, 5.74) is 0.857. The van der Waals surface area contributed by atoms with Crippen LogP contribution in [-0.2, 0) is 16.1 Å². The monoisotopic (exact) mass is 275 g/mol. The zero-order valence-electron chi connectivity index (χ0n) is 10.0. The normalized spacial score (nSPS) is 12.3. The third-order valence-corrected chi connectivity index (χ3v) is 3.09. The van der Waals surface area contributed by atoms with Crippen molar-refractivity contribution in [1.82, 2.24) is 4.90 Å². The maximum absolute atomic E-state index is 11.8. The Morgan fingerprint density at radius 3 is 2.65 bits per heavy atom. The summed E-state index contributed by atoms with van der Waals surface area (Å²) in [6.07, 6.45) is -0.453. The summed E-state index contributed by atoms with van der Waals surface area (Å²) in [5.74, 6) is -0.0847. The fraction of sp³-hybridized carbons (Fsp3) is 0.417. The summed E-state index contributed by atoms with van der Waals surface area (Å²) in [4.78, 5) is 13.4. The van der Waals surface area contributed by atoms with E-state index >= 15 is 0 Å². The van der Waals surface area contributed by atoms with Crippen LogP contribution in [0.5, 0.6) is 0 Å². The number of benzene rings is 1. The molecule has 1 aromatic carbocycles. The number of amides is 1. The minimum absolute atomic E-state index is 0.0847. The molecule has 1 rings (SSSR count). The number of methoxy groups -OCH3 is 1. The van der Waals surface area contributed by atoms with Gasteiger partial charge in [-0.15, -0.1) is 0 Å². The molecule has 0 spiro atoms. The second kappa shape index (κ2) is 6.24. The lowest BCUT2D eigenvalue weighted by Gasteiger charge is -2.21. The van der Waals surface area contributed by atoms with Crippen LogP contribution in [-0.4, -0.2) is 31.1 Å². The van der Waals surface area contributed by atoms with Crippen LogP contribution in [0.25, 0.3) is 0 Å². The second-order valence-electron chi connectivity index (χ2n) is 3.81. The molecule has 0 aromatic heterocycles. The molecule has 0 aliphatic rings. The zero-order chi connectivity index (χ0) is 13.0. The van der Waals surface area contributed by atoms with Gasteiger partial charge in [0.25, 0.3) is 5.91 Å². The quantitative estimate of drug-likeness (QED) is 0.846. The molecule has 0 aliphatic heterocycles. The van der Waals surface area contributed by atoms with E-state index in [2.05, 4.69) is 0 Å². The van der Waals surface area contributed by atoms with Crippen molar-refractivity contribution in [3.05, 3.63) is 33.8 Å². The highest BCUT2D eigenvalue weighted by Crippen LogP contribution is 2.22. The SMILES string of the molecule is COC(C)C(=O)N(C)Cc1ccc(Cl)cc1Cl. The van der Waals surface area contributed by atoms with Gasteiger partial charge in [0.1, 0.15) is 6.10 Å². The Balaban J connectivity index is 2.74. The van der Waals surface area contributed by atoms with Gasteiger partial charge in [0.2, 0.25) is 0 Å². The summed E-state index contributed by atoms with van der Waals surface area (Å²) in [6, 6.07) is 5.23. The molecule has 0 saturated heterocycles. The Kier molecular flexibility index (Phi) is 5.25. The van der Waals surface area contributed by atoms with Gasteiger partial charge in [0.15, 0.2) is 0 Å². The topological polar surface area (TPSA) is 29.5 Å². The Hall–Kier alpha value is -0.770. The highest BCUT2D eigenvalue weighted by atomic mass is 35.5. The molecule has 0 radical (unpaired) electrons. The fourth-order valence-electron chi connectivity index (χ4n) is 1.39. The van der Waals surface area contributed by atoms with Crippen molar-refractivity contribution in [3.8, 4) is 0 Å². The fourth-order valence-corrected chi connectivity index (χ4v) is 1.86. The van der Waals surface area contributed by atoms with E-state index in [9.17, 15) is 4.79 Å². The molecule has 1 aromatic rings. The van der Waals surface area contributed by atoms with Gasteiger partial charge in [0.05, 0.1) is 0 Å². The molecule has 94 valence electrons. The maximum Gasteiger partial charge on any atom is 0.251 e. The van der Waals surface area contributed by atoms with Crippen LogP contribution in [0.1, 0.15) is 12.5 Å². The van der Waals surface area contributed by atoms with Crippen molar-refractivity contribution >= 4 is 29.1 Å². The van der Waals surface area contributed by atoms with Crippen molar-refractivity contribution in [2.45, 2.75) is 19.6 Å². The maximum atomic E-state index is 11.8. The standard InChI is InChI=1S/C12H15Cl2NO2/c1-8(17-3)12(16)15(2)7-9-4-5-10(13)6-11(9)14/h4-6,8H,7H2,1-3H3. The summed E-state index contributed by atoms with van der Waals surface area (Å²) in [6.45, 7) is 2.14. The van der Waals surface area contributed by atoms with Crippen molar-refractivity contribution in [1.29, 1.82) is 0 Å². The predicted octanol–water partition coefficient (Wildman–Crippen LogP) is 2.99. The Morgan fingerprint density at radius 1 is 1.47 bits per heavy atom. The van der Waals surface area contributed by atoms with E-state index in [1.165, 1.54) is 7.11 Å². The molecule has 0 heterocycles. The van der Waals surface area contributed by atoms with Crippen LogP contribution in [0.3, 0.4) is 0 Å². The number of hydrogen-bond donors (Lipinski definition) is 0. The van der Waals surface area contributed by atoms with Gasteiger partial charge in [-0.1, -0.05) is 29.3 Å². The molecule has 0 N–H and O–H groups in total. The van der Waals surface area contributed by atoms with Crippen LogP contribution < -0.4 is 0 Å². The van der Waals surface area contributed by atoms with Crippen molar-refractivity contribution in [2.75, 3.05) is 14.2 Å². The summed E-state index contributed by atoms with van der Waals surface area (Å²) >= 11 is 11.8. The van der Waals surface area contributed by atoms with E-state index in [1.807, 2.05) is 6.07 Å². The molecule has 1 atom stereocenters. The van der Waals surface area contributed by atoms with Crippen molar-refractivity contribution < 1.29 is 9.53 Å². The number of hydrogen-bond acceptors (Lipinski definition) is 2. The minimum atomic E-state index is -0.453. The molecule has 0 saturated carbocycles. The number of rotatable bonds is 4. The number of likely N-dealkylation sites (N-methyl/N-ethyl adjacent to an activating group) is 1. The van der Waals surface area contributed by atoms with Gasteiger partial charge in [-0.25, -0.2) is 0 Å². The molecule has 0 bridgehead atoms. The molecular formula is C12H15Cl2NO2. The first-order chi connectivity index (χ1) is 7.95. The first-order valence-corrected chi connectivity index (χ1v) is 5.93. The molecular weight excluding hydrogens is 261 g/mol. The van der Waals surface area contributed by atoms with Gasteiger partial charge in [0, 0.05) is 30.7 Å². The van der Waals surface area contributed by atoms with Gasteiger partial charge in [-0.05, 0) is 24.6 Å². The lowest BCUT2D eigenvalue weighted by atomic mass is 10.2. The summed E-state index contributed by atoms with van der Waals surface area (Å²) in [7, 11) is 3.22. The molecule has 5 heteroatoms. The van der Waals surface area contributed by atoms with E-state index in [1.54, 1.807) is 31.0 Å². The number of halogens is 2. The average Bonchev–Trinajstić information content (AvgIpc) is 2.30. The van der Waals surface area contributed by atoms with E-state index in [4.69, 9.17) is 27.9 Å². The Morgan fingerprint density at radius 2 is 2.12 bits per heavy atom. The van der Waals surface area contributed by atoms with Crippen molar-refractivity contribution in [2.24, 2.45) is 0 Å². The molecule has 0 fully saturated rings. The van der Waals surface area contributed by atoms with Crippen LogP contribution in [0, 0.1) is 0 Å². The summed E-state index contributed by atoms with van der Waals surface area (Å²) < 4.78 is 4.97. The minimum Gasteiger partial charge on any atom is -0.372 e. The van der Waals surface area contributed by atoms with Crippen molar-refractivity contribution in [3.63, 3.8) is 0 Å². The Bertz CT molecular complexity index is 409. The van der Waals surface area contributed by atoms with E-state index < -0.39 is 6.10 Å². The van der Waals surface area contributed by atoms with Crippen LogP contribution >= 0.6 is 23.2 Å². The average molecular weight is 276 g/mol. The highest BCUT2D eigenvalue weighted by Gasteiger charge is 2.17. The third kappa shape index (κ3) is 3.87. The molecule has 0 aliphatic carbocycles. The number of carbonyl (C=O) groups is 1. The van der Waals surface area contributed by atoms with Gasteiger partial charge < -0.3 is 9.64 Å². The summed E-state index contributed by atoms with van der Waals surface area (Å²) in [5, 5.41) is 1.14. The van der Waals surface area contributed by atoms with Gasteiger partial charge >= 0.3 is 0 Å². The van der Waals surface area contributed by atoms with E-state index in [-0.39, 0.29) is 5.91 Å². The highest BCUT2D eigenvalue weighted by molar-refractivity contribution is 6.35. The predicted molar refractivity (Wildman–Crippen MR) is 69.4 cm³/mol. The Labute approximate surface area is 111 Å². The lowest BCUT2D eigenvalue weighted by molar-refractivity contribution is -0.140. The first kappa shape index (κ1) is 14.3. The van der Waals surface area contributed by atoms with E-state index in [0.717, 1.165) is 5.56 Å². The zero-order valence-corrected chi connectivity index (χ0v) is 11.5. The molecule has 1 unspecified atom stereocenters. The van der Waals surface area contributed by atoms with E-state index in [0.29, 0.717) is 16.6 Å². The van der Waals surface area contributed by atoms with Gasteiger partial charge in [-0.2, -0.15) is 0 Å². The molecule has 17 heavy (non-hydrogen) atoms. The largest absolute Gasteiger partial charge is 0.372 e. The number of nitrogens with zero attached hydrogens (tertiary/aromatic N) is 1. The van der Waals surface area contributed by atoms with Crippen LogP contribution in [0.4, 0.5) is 0 Å². The number of ether oxygens (including phenoxy) is 1. The third-order valence-electron chi connectivity index (χ3n) is 2.50. The molecule has 3 nitrogen and oxygen atoms in total. The lowest BCUT2D eigenvalue weighted by Crippen LogP contribution is -2.35. The second-order valence-corrected chi connectivity index (χ2v) is 4.65. The van der Waals surface area contributed by atoms with Crippen LogP contribution in [0.15, 0.2) is 18.2 Å².